The molecule has 3 N–H and O–H groups in total. The van der Waals surface area contributed by atoms with Gasteiger partial charge in [0.2, 0.25) is 0 Å². The first-order chi connectivity index (χ1) is 8.78. The van der Waals surface area contributed by atoms with Crippen molar-refractivity contribution in [2.24, 2.45) is 10.7 Å². The highest BCUT2D eigenvalue weighted by molar-refractivity contribution is 5.92. The SMILES string of the molecule is COc1ccc(NC(N)=NCCN2CCC2)cc1. The lowest BCUT2D eigenvalue weighted by Crippen LogP contribution is -2.39. The van der Waals surface area contributed by atoms with E-state index in [1.54, 1.807) is 7.11 Å². The molecule has 5 nitrogen and oxygen atoms in total. The van der Waals surface area contributed by atoms with Gasteiger partial charge in [0.05, 0.1) is 13.7 Å². The molecule has 1 aromatic carbocycles. The Morgan fingerprint density at radius 2 is 2.11 bits per heavy atom. The van der Waals surface area contributed by atoms with Crippen molar-refractivity contribution in [1.82, 2.24) is 4.90 Å². The Bertz CT molecular complexity index is 398. The van der Waals surface area contributed by atoms with E-state index in [-0.39, 0.29) is 0 Å². The van der Waals surface area contributed by atoms with Gasteiger partial charge in [0, 0.05) is 12.2 Å². The molecule has 0 bridgehead atoms. The molecule has 0 unspecified atom stereocenters. The molecule has 0 spiro atoms. The van der Waals surface area contributed by atoms with E-state index in [1.165, 1.54) is 19.5 Å². The molecule has 0 saturated carbocycles. The summed E-state index contributed by atoms with van der Waals surface area (Å²) in [7, 11) is 1.65. The van der Waals surface area contributed by atoms with Crippen molar-refractivity contribution in [2.45, 2.75) is 6.42 Å². The molecule has 5 heteroatoms. The van der Waals surface area contributed by atoms with Crippen molar-refractivity contribution in [1.29, 1.82) is 0 Å². The van der Waals surface area contributed by atoms with Crippen molar-refractivity contribution >= 4 is 11.6 Å². The summed E-state index contributed by atoms with van der Waals surface area (Å²) in [6, 6.07) is 7.60. The van der Waals surface area contributed by atoms with Crippen LogP contribution in [0.15, 0.2) is 29.3 Å². The van der Waals surface area contributed by atoms with Gasteiger partial charge in [0.15, 0.2) is 5.96 Å². The maximum Gasteiger partial charge on any atom is 0.193 e. The minimum Gasteiger partial charge on any atom is -0.497 e. The summed E-state index contributed by atoms with van der Waals surface area (Å²) in [5.41, 5.74) is 6.73. The molecule has 0 atom stereocenters. The van der Waals surface area contributed by atoms with E-state index in [1.807, 2.05) is 24.3 Å². The van der Waals surface area contributed by atoms with Gasteiger partial charge in [0.25, 0.3) is 0 Å². The van der Waals surface area contributed by atoms with E-state index in [4.69, 9.17) is 10.5 Å². The molecule has 0 amide bonds. The Labute approximate surface area is 108 Å². The largest absolute Gasteiger partial charge is 0.497 e. The Kier molecular flexibility index (Phi) is 4.41. The number of rotatable bonds is 5. The quantitative estimate of drug-likeness (QED) is 0.605. The Hall–Kier alpha value is -1.75. The van der Waals surface area contributed by atoms with Gasteiger partial charge in [-0.25, -0.2) is 0 Å². The lowest BCUT2D eigenvalue weighted by molar-refractivity contribution is 0.187. The maximum absolute atomic E-state index is 5.81. The number of benzene rings is 1. The van der Waals surface area contributed by atoms with Crippen molar-refractivity contribution in [2.75, 3.05) is 38.6 Å². The second-order valence-corrected chi connectivity index (χ2v) is 4.32. The summed E-state index contributed by atoms with van der Waals surface area (Å²) < 4.78 is 5.09. The van der Waals surface area contributed by atoms with Crippen LogP contribution in [0.4, 0.5) is 5.69 Å². The third-order valence-electron chi connectivity index (χ3n) is 3.01. The van der Waals surface area contributed by atoms with Crippen LogP contribution in [-0.2, 0) is 0 Å². The smallest absolute Gasteiger partial charge is 0.193 e. The normalized spacial score (nSPS) is 16.2. The first kappa shape index (κ1) is 12.7. The molecule has 0 aliphatic carbocycles. The number of hydrogen-bond acceptors (Lipinski definition) is 3. The maximum atomic E-state index is 5.81. The summed E-state index contributed by atoms with van der Waals surface area (Å²) in [5, 5.41) is 3.06. The van der Waals surface area contributed by atoms with Crippen molar-refractivity contribution in [3.63, 3.8) is 0 Å². The number of anilines is 1. The van der Waals surface area contributed by atoms with Crippen LogP contribution in [-0.4, -0.2) is 44.1 Å². The van der Waals surface area contributed by atoms with Gasteiger partial charge in [-0.3, -0.25) is 4.99 Å². The summed E-state index contributed by atoms with van der Waals surface area (Å²) in [6.07, 6.45) is 1.31. The average Bonchev–Trinajstić information content (AvgIpc) is 2.33. The topological polar surface area (TPSA) is 62.9 Å². The molecule has 1 saturated heterocycles. The highest BCUT2D eigenvalue weighted by Crippen LogP contribution is 2.14. The fraction of sp³-hybridized carbons (Fsp3) is 0.462. The second kappa shape index (κ2) is 6.26. The van der Waals surface area contributed by atoms with E-state index < -0.39 is 0 Å². The molecule has 1 aliphatic rings. The van der Waals surface area contributed by atoms with Gasteiger partial charge in [-0.1, -0.05) is 0 Å². The molecule has 1 aliphatic heterocycles. The molecular formula is C13H20N4O. The van der Waals surface area contributed by atoms with Gasteiger partial charge in [0.1, 0.15) is 5.75 Å². The van der Waals surface area contributed by atoms with Gasteiger partial charge in [-0.15, -0.1) is 0 Å². The first-order valence-electron chi connectivity index (χ1n) is 6.21. The number of nitrogens with zero attached hydrogens (tertiary/aromatic N) is 2. The fourth-order valence-corrected chi connectivity index (χ4v) is 1.78. The van der Waals surface area contributed by atoms with E-state index in [9.17, 15) is 0 Å². The van der Waals surface area contributed by atoms with E-state index in [0.29, 0.717) is 5.96 Å². The van der Waals surface area contributed by atoms with Crippen molar-refractivity contribution in [3.8, 4) is 5.75 Å². The molecule has 18 heavy (non-hydrogen) atoms. The van der Waals surface area contributed by atoms with Crippen LogP contribution in [0, 0.1) is 0 Å². The van der Waals surface area contributed by atoms with Crippen LogP contribution in [0.1, 0.15) is 6.42 Å². The van der Waals surface area contributed by atoms with Gasteiger partial charge in [-0.05, 0) is 43.8 Å². The van der Waals surface area contributed by atoms with Crippen LogP contribution in [0.5, 0.6) is 5.75 Å². The molecular weight excluding hydrogens is 228 g/mol. The second-order valence-electron chi connectivity index (χ2n) is 4.32. The third kappa shape index (κ3) is 3.63. The number of ether oxygens (including phenoxy) is 1. The minimum absolute atomic E-state index is 0.459. The highest BCUT2D eigenvalue weighted by atomic mass is 16.5. The van der Waals surface area contributed by atoms with Crippen molar-refractivity contribution < 1.29 is 4.74 Å². The molecule has 2 rings (SSSR count). The van der Waals surface area contributed by atoms with Crippen LogP contribution in [0.2, 0.25) is 0 Å². The van der Waals surface area contributed by atoms with Crippen molar-refractivity contribution in [3.05, 3.63) is 24.3 Å². The Morgan fingerprint density at radius 1 is 1.39 bits per heavy atom. The summed E-state index contributed by atoms with van der Waals surface area (Å²) in [6.45, 7) is 4.13. The zero-order chi connectivity index (χ0) is 12.8. The predicted molar refractivity (Wildman–Crippen MR) is 74.2 cm³/mol. The third-order valence-corrected chi connectivity index (χ3v) is 3.01. The van der Waals surface area contributed by atoms with Crippen LogP contribution in [0.3, 0.4) is 0 Å². The van der Waals surface area contributed by atoms with E-state index >= 15 is 0 Å². The van der Waals surface area contributed by atoms with E-state index in [0.717, 1.165) is 24.5 Å². The summed E-state index contributed by atoms with van der Waals surface area (Å²) >= 11 is 0. The van der Waals surface area contributed by atoms with Crippen LogP contribution < -0.4 is 15.8 Å². The molecule has 0 radical (unpaired) electrons. The zero-order valence-corrected chi connectivity index (χ0v) is 10.7. The monoisotopic (exact) mass is 248 g/mol. The summed E-state index contributed by atoms with van der Waals surface area (Å²) in [4.78, 5) is 6.66. The molecule has 1 aromatic rings. The Balaban J connectivity index is 1.77. The highest BCUT2D eigenvalue weighted by Gasteiger charge is 2.11. The standard InChI is InChI=1S/C13H20N4O/c1-18-12-5-3-11(4-6-12)16-13(14)15-7-10-17-8-2-9-17/h3-6H,2,7-10H2,1H3,(H3,14,15,16). The number of methoxy groups -OCH3 is 1. The lowest BCUT2D eigenvalue weighted by atomic mass is 10.2. The average molecular weight is 248 g/mol. The van der Waals surface area contributed by atoms with Gasteiger partial charge >= 0.3 is 0 Å². The number of nitrogens with one attached hydrogen (secondary N) is 1. The van der Waals surface area contributed by atoms with Gasteiger partial charge < -0.3 is 20.7 Å². The Morgan fingerprint density at radius 3 is 2.67 bits per heavy atom. The lowest BCUT2D eigenvalue weighted by Gasteiger charge is -2.29. The zero-order valence-electron chi connectivity index (χ0n) is 10.7. The van der Waals surface area contributed by atoms with Crippen LogP contribution in [0.25, 0.3) is 0 Å². The molecule has 1 fully saturated rings. The summed E-state index contributed by atoms with van der Waals surface area (Å²) in [5.74, 6) is 1.29. The molecule has 1 heterocycles. The number of hydrogen-bond donors (Lipinski definition) is 2. The van der Waals surface area contributed by atoms with Gasteiger partial charge in [-0.2, -0.15) is 0 Å². The predicted octanol–water partition coefficient (Wildman–Crippen LogP) is 1.13. The van der Waals surface area contributed by atoms with E-state index in [2.05, 4.69) is 15.2 Å². The number of guanidine groups is 1. The molecule has 98 valence electrons. The number of aliphatic imine (C=N–C) groups is 1. The first-order valence-corrected chi connectivity index (χ1v) is 6.21. The fourth-order valence-electron chi connectivity index (χ4n) is 1.78. The van der Waals surface area contributed by atoms with Crippen LogP contribution >= 0.6 is 0 Å². The number of likely N-dealkylation sites (tertiary alicyclic amines) is 1. The number of nitrogens with two attached hydrogens (primary N) is 1. The minimum atomic E-state index is 0.459. The molecule has 0 aromatic heterocycles.